The van der Waals surface area contributed by atoms with Crippen LogP contribution < -0.4 is 4.84 Å². The molecule has 0 saturated carbocycles. The van der Waals surface area contributed by atoms with E-state index in [4.69, 9.17) is 16.4 Å². The smallest absolute Gasteiger partial charge is 0.269 e. The molecule has 1 atom stereocenters. The lowest BCUT2D eigenvalue weighted by molar-refractivity contribution is -0.385. The Morgan fingerprint density at radius 2 is 2.14 bits per heavy atom. The molecule has 0 unspecified atom stereocenters. The van der Waals surface area contributed by atoms with E-state index in [1.165, 1.54) is 17.0 Å². The summed E-state index contributed by atoms with van der Waals surface area (Å²) in [6, 6.07) is 11.4. The molecular weight excluding hydrogens is 308 g/mol. The quantitative estimate of drug-likeness (QED) is 0.545. The van der Waals surface area contributed by atoms with Gasteiger partial charge in [0.15, 0.2) is 0 Å². The van der Waals surface area contributed by atoms with E-state index in [-0.39, 0.29) is 5.69 Å². The molecule has 0 spiro atoms. The molecule has 2 aromatic carbocycles. The Labute approximate surface area is 130 Å². The van der Waals surface area contributed by atoms with Gasteiger partial charge in [-0.2, -0.15) is 0 Å². The summed E-state index contributed by atoms with van der Waals surface area (Å²) in [4.78, 5) is 17.4. The molecule has 3 rings (SSSR count). The maximum atomic E-state index is 10.8. The van der Waals surface area contributed by atoms with Gasteiger partial charge < -0.3 is 4.84 Å². The van der Waals surface area contributed by atoms with Gasteiger partial charge in [-0.05, 0) is 30.3 Å². The van der Waals surface area contributed by atoms with E-state index in [9.17, 15) is 10.1 Å². The van der Waals surface area contributed by atoms with Gasteiger partial charge >= 0.3 is 0 Å². The molecule has 7 nitrogen and oxygen atoms in total. The molecule has 112 valence electrons. The third kappa shape index (κ3) is 2.71. The van der Waals surface area contributed by atoms with Crippen LogP contribution >= 0.6 is 11.6 Å². The first-order valence-electron chi connectivity index (χ1n) is 6.47. The van der Waals surface area contributed by atoms with Gasteiger partial charge in [0, 0.05) is 22.7 Å². The Kier molecular flexibility index (Phi) is 3.64. The van der Waals surface area contributed by atoms with Crippen LogP contribution in [0.15, 0.2) is 42.5 Å². The van der Waals surface area contributed by atoms with Crippen molar-refractivity contribution in [1.82, 2.24) is 15.2 Å². The fourth-order valence-electron chi connectivity index (χ4n) is 2.05. The minimum Gasteiger partial charge on any atom is -0.387 e. The van der Waals surface area contributed by atoms with Crippen molar-refractivity contribution in [2.45, 2.75) is 13.0 Å². The molecule has 0 aliphatic rings. The molecule has 8 heteroatoms. The van der Waals surface area contributed by atoms with Gasteiger partial charge in [-0.1, -0.05) is 28.6 Å². The topological polar surface area (TPSA) is 83.1 Å². The summed E-state index contributed by atoms with van der Waals surface area (Å²) < 4.78 is 0. The third-order valence-corrected chi connectivity index (χ3v) is 3.42. The summed E-state index contributed by atoms with van der Waals surface area (Å²) in [7, 11) is 0. The number of benzene rings is 2. The number of fused-ring (bicyclic) bond motifs is 1. The molecule has 0 saturated heterocycles. The number of nitro benzene ring substituents is 1. The fraction of sp³-hybridized carbons (Fsp3) is 0.143. The molecule has 0 N–H and O–H groups in total. The number of aromatic nitrogens is 3. The summed E-state index contributed by atoms with van der Waals surface area (Å²) in [5.41, 5.74) is 1.96. The van der Waals surface area contributed by atoms with E-state index in [0.717, 1.165) is 0 Å². The fourth-order valence-corrected chi connectivity index (χ4v) is 2.22. The Hall–Kier alpha value is -2.67. The highest BCUT2D eigenvalue weighted by atomic mass is 35.5. The average molecular weight is 319 g/mol. The zero-order chi connectivity index (χ0) is 15.7. The first-order chi connectivity index (χ1) is 10.5. The largest absolute Gasteiger partial charge is 0.387 e. The van der Waals surface area contributed by atoms with Gasteiger partial charge in [0.25, 0.3) is 5.69 Å². The third-order valence-electron chi connectivity index (χ3n) is 3.19. The number of nitrogens with zero attached hydrogens (tertiary/aromatic N) is 4. The maximum absolute atomic E-state index is 10.8. The molecule has 0 fully saturated rings. The number of hydrogen-bond acceptors (Lipinski definition) is 5. The lowest BCUT2D eigenvalue weighted by atomic mass is 10.1. The summed E-state index contributed by atoms with van der Waals surface area (Å²) in [5, 5.41) is 19.3. The molecule has 0 aliphatic heterocycles. The van der Waals surface area contributed by atoms with Crippen LogP contribution in [0.2, 0.25) is 5.02 Å². The van der Waals surface area contributed by atoms with Gasteiger partial charge in [-0.15, -0.1) is 5.10 Å². The van der Waals surface area contributed by atoms with E-state index in [2.05, 4.69) is 10.3 Å². The first kappa shape index (κ1) is 14.3. The molecule has 1 heterocycles. The lowest BCUT2D eigenvalue weighted by Gasteiger charge is -2.13. The number of hydrogen-bond donors (Lipinski definition) is 0. The van der Waals surface area contributed by atoms with Crippen LogP contribution in [0.25, 0.3) is 11.0 Å². The zero-order valence-corrected chi connectivity index (χ0v) is 12.3. The Morgan fingerprint density at radius 3 is 2.91 bits per heavy atom. The standard InChI is InChI=1S/C14H11ClN4O3/c1-9(10-3-2-4-12(7-10)19(20)21)22-18-14-8-11(15)5-6-13(14)16-17-18/h2-9H,1H3/t9-/m1/s1. The van der Waals surface area contributed by atoms with Gasteiger partial charge in [0.05, 0.1) is 4.92 Å². The Balaban J connectivity index is 1.89. The summed E-state index contributed by atoms with van der Waals surface area (Å²) in [5.74, 6) is 0. The molecule has 22 heavy (non-hydrogen) atoms. The predicted octanol–water partition coefficient (Wildman–Crippen LogP) is 3.18. The van der Waals surface area contributed by atoms with E-state index >= 15 is 0 Å². The summed E-state index contributed by atoms with van der Waals surface area (Å²) in [6.45, 7) is 1.77. The van der Waals surface area contributed by atoms with Crippen molar-refractivity contribution in [3.05, 3.63) is 63.2 Å². The summed E-state index contributed by atoms with van der Waals surface area (Å²) >= 11 is 5.96. The highest BCUT2D eigenvalue weighted by Crippen LogP contribution is 2.22. The predicted molar refractivity (Wildman–Crippen MR) is 80.6 cm³/mol. The molecule has 0 radical (unpaired) electrons. The first-order valence-corrected chi connectivity index (χ1v) is 6.85. The molecule has 0 bridgehead atoms. The number of halogens is 1. The number of non-ortho nitro benzene ring substituents is 1. The van der Waals surface area contributed by atoms with Crippen LogP contribution in [0, 0.1) is 10.1 Å². The molecule has 0 amide bonds. The Morgan fingerprint density at radius 1 is 1.32 bits per heavy atom. The van der Waals surface area contributed by atoms with Crippen LogP contribution in [-0.2, 0) is 0 Å². The van der Waals surface area contributed by atoms with Gasteiger partial charge in [-0.25, -0.2) is 0 Å². The monoisotopic (exact) mass is 318 g/mol. The second kappa shape index (κ2) is 5.61. The van der Waals surface area contributed by atoms with Crippen molar-refractivity contribution in [3.63, 3.8) is 0 Å². The average Bonchev–Trinajstić information content (AvgIpc) is 2.89. The molecule has 1 aromatic heterocycles. The second-order valence-electron chi connectivity index (χ2n) is 4.70. The van der Waals surface area contributed by atoms with Gasteiger partial charge in [-0.3, -0.25) is 10.1 Å². The van der Waals surface area contributed by atoms with Crippen LogP contribution in [-0.4, -0.2) is 20.1 Å². The van der Waals surface area contributed by atoms with Crippen molar-refractivity contribution in [2.75, 3.05) is 0 Å². The SMILES string of the molecule is C[C@@H](On1nnc2ccc(Cl)cc21)c1cccc([N+](=O)[O-])c1. The minimum absolute atomic E-state index is 0.0134. The van der Waals surface area contributed by atoms with Crippen molar-refractivity contribution in [2.24, 2.45) is 0 Å². The molecule has 0 aliphatic carbocycles. The van der Waals surface area contributed by atoms with E-state index in [1.807, 2.05) is 0 Å². The highest BCUT2D eigenvalue weighted by Gasteiger charge is 2.14. The van der Waals surface area contributed by atoms with Crippen LogP contribution in [0.3, 0.4) is 0 Å². The molecule has 3 aromatic rings. The minimum atomic E-state index is -0.444. The van der Waals surface area contributed by atoms with Crippen molar-refractivity contribution < 1.29 is 9.76 Å². The van der Waals surface area contributed by atoms with Crippen LogP contribution in [0.4, 0.5) is 5.69 Å². The zero-order valence-electron chi connectivity index (χ0n) is 11.5. The van der Waals surface area contributed by atoms with Crippen molar-refractivity contribution in [1.29, 1.82) is 0 Å². The Bertz CT molecular complexity index is 849. The van der Waals surface area contributed by atoms with Crippen LogP contribution in [0.5, 0.6) is 0 Å². The van der Waals surface area contributed by atoms with E-state index in [1.54, 1.807) is 37.3 Å². The van der Waals surface area contributed by atoms with Gasteiger partial charge in [0.1, 0.15) is 17.1 Å². The lowest BCUT2D eigenvalue weighted by Crippen LogP contribution is -2.17. The van der Waals surface area contributed by atoms with Crippen LogP contribution in [0.1, 0.15) is 18.6 Å². The maximum Gasteiger partial charge on any atom is 0.269 e. The summed E-state index contributed by atoms with van der Waals surface area (Å²) in [6.07, 6.45) is -0.441. The van der Waals surface area contributed by atoms with E-state index < -0.39 is 11.0 Å². The van der Waals surface area contributed by atoms with Crippen molar-refractivity contribution >= 4 is 28.3 Å². The highest BCUT2D eigenvalue weighted by molar-refractivity contribution is 6.31. The van der Waals surface area contributed by atoms with E-state index in [0.29, 0.717) is 21.6 Å². The van der Waals surface area contributed by atoms with Gasteiger partial charge in [0.2, 0.25) is 0 Å². The molecular formula is C14H11ClN4O3. The number of rotatable bonds is 4. The second-order valence-corrected chi connectivity index (χ2v) is 5.13. The number of nitro groups is 1. The normalized spacial score (nSPS) is 12.3. The van der Waals surface area contributed by atoms with Crippen molar-refractivity contribution in [3.8, 4) is 0 Å².